The Hall–Kier alpha value is -2.27. The maximum absolute atomic E-state index is 12.1. The van der Waals surface area contributed by atoms with Crippen molar-refractivity contribution < 1.29 is 19.4 Å². The molecular weight excluding hydrogens is 300 g/mol. The van der Waals surface area contributed by atoms with Gasteiger partial charge < -0.3 is 9.84 Å². The van der Waals surface area contributed by atoms with Crippen LogP contribution in [0.4, 0.5) is 0 Å². The van der Waals surface area contributed by atoms with Gasteiger partial charge in [-0.15, -0.1) is 11.8 Å². The summed E-state index contributed by atoms with van der Waals surface area (Å²) in [6, 6.07) is 13.8. The van der Waals surface area contributed by atoms with E-state index < -0.39 is 5.97 Å². The third-order valence-corrected chi connectivity index (χ3v) is 4.10. The summed E-state index contributed by atoms with van der Waals surface area (Å²) >= 11 is 1.50. The lowest BCUT2D eigenvalue weighted by Crippen LogP contribution is -2.03. The lowest BCUT2D eigenvalue weighted by molar-refractivity contribution is 0.0696. The summed E-state index contributed by atoms with van der Waals surface area (Å²) in [6.45, 7) is 0. The van der Waals surface area contributed by atoms with Gasteiger partial charge in [-0.25, -0.2) is 4.79 Å². The van der Waals surface area contributed by atoms with E-state index in [-0.39, 0.29) is 11.3 Å². The number of hydrogen-bond acceptors (Lipinski definition) is 4. The number of thioether (sulfide) groups is 1. The Bertz CT molecular complexity index is 665. The van der Waals surface area contributed by atoms with E-state index in [1.54, 1.807) is 55.6 Å². The normalized spacial score (nSPS) is 10.2. The monoisotopic (exact) mass is 316 g/mol. The number of rotatable bonds is 7. The zero-order valence-electron chi connectivity index (χ0n) is 12.1. The minimum absolute atomic E-state index is 0.0473. The summed E-state index contributed by atoms with van der Waals surface area (Å²) in [5, 5.41) is 8.83. The highest BCUT2D eigenvalue weighted by molar-refractivity contribution is 7.99. The largest absolute Gasteiger partial charge is 0.497 e. The van der Waals surface area contributed by atoms with Crippen LogP contribution in [0.5, 0.6) is 5.75 Å². The number of carboxylic acids is 1. The molecule has 2 aromatic rings. The summed E-state index contributed by atoms with van der Waals surface area (Å²) < 4.78 is 5.10. The topological polar surface area (TPSA) is 63.6 Å². The van der Waals surface area contributed by atoms with E-state index in [9.17, 15) is 9.59 Å². The fourth-order valence-electron chi connectivity index (χ4n) is 1.88. The number of Topliss-reactive ketones (excluding diaryl/α,β-unsaturated/α-hetero) is 1. The first kappa shape index (κ1) is 16.1. The van der Waals surface area contributed by atoms with E-state index in [0.717, 1.165) is 5.56 Å². The lowest BCUT2D eigenvalue weighted by Gasteiger charge is -2.05. The Morgan fingerprint density at radius 3 is 2.45 bits per heavy atom. The van der Waals surface area contributed by atoms with Crippen molar-refractivity contribution >= 4 is 23.5 Å². The van der Waals surface area contributed by atoms with Crippen molar-refractivity contribution in [2.75, 3.05) is 12.9 Å². The van der Waals surface area contributed by atoms with Crippen molar-refractivity contribution in [2.24, 2.45) is 0 Å². The number of benzene rings is 2. The van der Waals surface area contributed by atoms with Gasteiger partial charge in [0, 0.05) is 11.3 Å². The summed E-state index contributed by atoms with van der Waals surface area (Å²) in [7, 11) is 1.57. The highest BCUT2D eigenvalue weighted by atomic mass is 32.2. The van der Waals surface area contributed by atoms with Crippen molar-refractivity contribution in [1.82, 2.24) is 0 Å². The van der Waals surface area contributed by atoms with Crippen molar-refractivity contribution in [3.8, 4) is 5.75 Å². The van der Waals surface area contributed by atoms with E-state index in [1.165, 1.54) is 11.8 Å². The summed E-state index contributed by atoms with van der Waals surface area (Å²) in [4.78, 5) is 22.9. The Morgan fingerprint density at radius 2 is 1.82 bits per heavy atom. The van der Waals surface area contributed by atoms with Gasteiger partial charge in [0.05, 0.1) is 18.4 Å². The molecular formula is C17H16O4S. The Morgan fingerprint density at radius 1 is 1.09 bits per heavy atom. The number of carbonyl (C=O) groups excluding carboxylic acids is 1. The second-order valence-electron chi connectivity index (χ2n) is 4.65. The molecule has 114 valence electrons. The maximum atomic E-state index is 12.1. The van der Waals surface area contributed by atoms with Crippen molar-refractivity contribution in [2.45, 2.75) is 5.75 Å². The third kappa shape index (κ3) is 4.36. The fraction of sp³-hybridized carbons (Fsp3) is 0.176. The summed E-state index contributed by atoms with van der Waals surface area (Å²) in [5.74, 6) is 0.808. The minimum atomic E-state index is -0.938. The SMILES string of the molecule is COc1cccc(C(=O)CSCc2ccc(C(=O)O)cc2)c1. The number of hydrogen-bond donors (Lipinski definition) is 1. The van der Waals surface area contributed by atoms with Crippen LogP contribution >= 0.6 is 11.8 Å². The van der Waals surface area contributed by atoms with Crippen LogP contribution in [0.2, 0.25) is 0 Å². The van der Waals surface area contributed by atoms with Gasteiger partial charge in [0.15, 0.2) is 5.78 Å². The van der Waals surface area contributed by atoms with Gasteiger partial charge in [-0.2, -0.15) is 0 Å². The Labute approximate surface area is 133 Å². The van der Waals surface area contributed by atoms with Gasteiger partial charge in [0.25, 0.3) is 0 Å². The predicted molar refractivity (Wildman–Crippen MR) is 86.9 cm³/mol. The number of carbonyl (C=O) groups is 2. The molecule has 0 spiro atoms. The predicted octanol–water partition coefficient (Wildman–Crippen LogP) is 3.51. The molecule has 0 atom stereocenters. The molecule has 22 heavy (non-hydrogen) atoms. The number of ketones is 1. The molecule has 0 aliphatic heterocycles. The molecule has 4 nitrogen and oxygen atoms in total. The Kier molecular flexibility index (Phi) is 5.61. The van der Waals surface area contributed by atoms with E-state index >= 15 is 0 Å². The molecule has 0 aliphatic carbocycles. The lowest BCUT2D eigenvalue weighted by atomic mass is 10.1. The van der Waals surface area contributed by atoms with Gasteiger partial charge >= 0.3 is 5.97 Å². The molecule has 0 bridgehead atoms. The van der Waals surface area contributed by atoms with Crippen molar-refractivity contribution in [1.29, 1.82) is 0 Å². The first-order valence-electron chi connectivity index (χ1n) is 6.67. The second-order valence-corrected chi connectivity index (χ2v) is 5.64. The Balaban J connectivity index is 1.87. The average molecular weight is 316 g/mol. The molecule has 0 amide bonds. The number of methoxy groups -OCH3 is 1. The van der Waals surface area contributed by atoms with Crippen LogP contribution in [-0.2, 0) is 5.75 Å². The molecule has 0 aliphatic rings. The minimum Gasteiger partial charge on any atom is -0.497 e. The first-order chi connectivity index (χ1) is 10.6. The molecule has 0 aromatic heterocycles. The molecule has 2 rings (SSSR count). The van der Waals surface area contributed by atoms with E-state index in [2.05, 4.69) is 0 Å². The van der Waals surface area contributed by atoms with Crippen LogP contribution in [0.25, 0.3) is 0 Å². The van der Waals surface area contributed by atoms with Crippen LogP contribution in [-0.4, -0.2) is 29.7 Å². The summed E-state index contributed by atoms with van der Waals surface area (Å²) in [5.41, 5.74) is 1.89. The molecule has 0 saturated carbocycles. The molecule has 0 radical (unpaired) electrons. The maximum Gasteiger partial charge on any atom is 0.335 e. The molecule has 0 saturated heterocycles. The van der Waals surface area contributed by atoms with Gasteiger partial charge in [-0.3, -0.25) is 4.79 Å². The van der Waals surface area contributed by atoms with E-state index in [1.807, 2.05) is 0 Å². The first-order valence-corrected chi connectivity index (χ1v) is 7.83. The molecule has 2 aromatic carbocycles. The molecule has 0 fully saturated rings. The highest BCUT2D eigenvalue weighted by Gasteiger charge is 2.07. The fourth-order valence-corrected chi connectivity index (χ4v) is 2.77. The standard InChI is InChI=1S/C17H16O4S/c1-21-15-4-2-3-14(9-15)16(18)11-22-10-12-5-7-13(8-6-12)17(19)20/h2-9H,10-11H2,1H3,(H,19,20). The van der Waals surface area contributed by atoms with Crippen LogP contribution in [0.15, 0.2) is 48.5 Å². The second kappa shape index (κ2) is 7.66. The quantitative estimate of drug-likeness (QED) is 0.792. The zero-order valence-corrected chi connectivity index (χ0v) is 12.9. The average Bonchev–Trinajstić information content (AvgIpc) is 2.55. The van der Waals surface area contributed by atoms with Crippen molar-refractivity contribution in [3.63, 3.8) is 0 Å². The van der Waals surface area contributed by atoms with Gasteiger partial charge in [0.1, 0.15) is 5.75 Å². The van der Waals surface area contributed by atoms with Crippen LogP contribution < -0.4 is 4.74 Å². The molecule has 0 unspecified atom stereocenters. The van der Waals surface area contributed by atoms with E-state index in [0.29, 0.717) is 22.8 Å². The van der Waals surface area contributed by atoms with Crippen LogP contribution in [0.3, 0.4) is 0 Å². The third-order valence-electron chi connectivity index (χ3n) is 3.09. The van der Waals surface area contributed by atoms with E-state index in [4.69, 9.17) is 9.84 Å². The van der Waals surface area contributed by atoms with Crippen LogP contribution in [0, 0.1) is 0 Å². The molecule has 5 heteroatoms. The molecule has 0 heterocycles. The number of ether oxygens (including phenoxy) is 1. The van der Waals surface area contributed by atoms with Crippen molar-refractivity contribution in [3.05, 3.63) is 65.2 Å². The van der Waals surface area contributed by atoms with Gasteiger partial charge in [-0.05, 0) is 29.8 Å². The number of carboxylic acid groups (broad SMARTS) is 1. The number of aromatic carboxylic acids is 1. The van der Waals surface area contributed by atoms with Gasteiger partial charge in [-0.1, -0.05) is 24.3 Å². The highest BCUT2D eigenvalue weighted by Crippen LogP contribution is 2.17. The van der Waals surface area contributed by atoms with Crippen LogP contribution in [0.1, 0.15) is 26.3 Å². The smallest absolute Gasteiger partial charge is 0.335 e. The zero-order chi connectivity index (χ0) is 15.9. The molecule has 1 N–H and O–H groups in total. The van der Waals surface area contributed by atoms with Gasteiger partial charge in [0.2, 0.25) is 0 Å². The summed E-state index contributed by atoms with van der Waals surface area (Å²) in [6.07, 6.45) is 0.